The summed E-state index contributed by atoms with van der Waals surface area (Å²) in [5.41, 5.74) is 1.46. The molecule has 0 radical (unpaired) electrons. The van der Waals surface area contributed by atoms with Crippen molar-refractivity contribution in [3.63, 3.8) is 0 Å². The topological polar surface area (TPSA) is 111 Å². The average Bonchev–Trinajstić information content (AvgIpc) is 2.65. The van der Waals surface area contributed by atoms with Gasteiger partial charge in [0.25, 0.3) is 5.91 Å². The van der Waals surface area contributed by atoms with Gasteiger partial charge in [-0.1, -0.05) is 37.3 Å². The minimum absolute atomic E-state index is 0.00558. The molecular formula is C18H19N3O5. The third-order valence-electron chi connectivity index (χ3n) is 3.54. The van der Waals surface area contributed by atoms with Crippen molar-refractivity contribution >= 4 is 23.2 Å². The van der Waals surface area contributed by atoms with E-state index in [9.17, 15) is 19.7 Å². The summed E-state index contributed by atoms with van der Waals surface area (Å²) in [5, 5.41) is 16.0. The van der Waals surface area contributed by atoms with Gasteiger partial charge >= 0.3 is 5.69 Å². The van der Waals surface area contributed by atoms with Gasteiger partial charge in [0, 0.05) is 11.8 Å². The van der Waals surface area contributed by atoms with Gasteiger partial charge in [-0.05, 0) is 24.1 Å². The van der Waals surface area contributed by atoms with Crippen LogP contribution in [-0.4, -0.2) is 29.9 Å². The van der Waals surface area contributed by atoms with Gasteiger partial charge in [0.2, 0.25) is 5.91 Å². The van der Waals surface area contributed by atoms with Gasteiger partial charge in [0.1, 0.15) is 0 Å². The number of para-hydroxylation sites is 3. The van der Waals surface area contributed by atoms with Crippen molar-refractivity contribution in [3.8, 4) is 5.75 Å². The molecule has 2 aromatic rings. The summed E-state index contributed by atoms with van der Waals surface area (Å²) in [5.74, 6) is -0.930. The second-order valence-corrected chi connectivity index (χ2v) is 5.35. The molecule has 136 valence electrons. The molecule has 2 aromatic carbocycles. The first-order chi connectivity index (χ1) is 12.5. The van der Waals surface area contributed by atoms with Crippen LogP contribution in [0, 0.1) is 10.1 Å². The second-order valence-electron chi connectivity index (χ2n) is 5.35. The average molecular weight is 357 g/mol. The van der Waals surface area contributed by atoms with Crippen molar-refractivity contribution in [1.29, 1.82) is 0 Å². The van der Waals surface area contributed by atoms with E-state index in [1.54, 1.807) is 12.1 Å². The number of carbonyl (C=O) groups excluding carboxylic acids is 2. The van der Waals surface area contributed by atoms with Crippen LogP contribution >= 0.6 is 0 Å². The first-order valence-corrected chi connectivity index (χ1v) is 8.02. The summed E-state index contributed by atoms with van der Waals surface area (Å²) in [6.07, 6.45) is 0.770. The predicted octanol–water partition coefficient (Wildman–Crippen LogP) is 2.29. The van der Waals surface area contributed by atoms with E-state index in [0.29, 0.717) is 5.69 Å². The van der Waals surface area contributed by atoms with E-state index >= 15 is 0 Å². The molecular weight excluding hydrogens is 338 g/mol. The molecule has 0 fully saturated rings. The van der Waals surface area contributed by atoms with Crippen LogP contribution in [0.3, 0.4) is 0 Å². The Balaban J connectivity index is 1.82. The van der Waals surface area contributed by atoms with Crippen LogP contribution in [0.25, 0.3) is 0 Å². The predicted molar refractivity (Wildman–Crippen MR) is 96.1 cm³/mol. The Morgan fingerprint density at radius 3 is 2.50 bits per heavy atom. The maximum absolute atomic E-state index is 11.9. The molecule has 26 heavy (non-hydrogen) atoms. The van der Waals surface area contributed by atoms with Crippen LogP contribution in [-0.2, 0) is 16.0 Å². The summed E-state index contributed by atoms with van der Waals surface area (Å²) in [7, 11) is 0. The Labute approximate surface area is 150 Å². The highest BCUT2D eigenvalue weighted by Crippen LogP contribution is 2.25. The first-order valence-electron chi connectivity index (χ1n) is 8.02. The van der Waals surface area contributed by atoms with Crippen molar-refractivity contribution in [2.75, 3.05) is 18.5 Å². The van der Waals surface area contributed by atoms with Crippen LogP contribution in [0.5, 0.6) is 5.75 Å². The monoisotopic (exact) mass is 357 g/mol. The first kappa shape index (κ1) is 18.9. The third kappa shape index (κ3) is 5.30. The number of nitro groups is 1. The zero-order chi connectivity index (χ0) is 18.9. The largest absolute Gasteiger partial charge is 0.477 e. The maximum atomic E-state index is 11.9. The molecule has 8 nitrogen and oxygen atoms in total. The number of aryl methyl sites for hydroxylation is 1. The number of hydrogen-bond acceptors (Lipinski definition) is 5. The van der Waals surface area contributed by atoms with Crippen LogP contribution in [0.1, 0.15) is 12.5 Å². The van der Waals surface area contributed by atoms with Crippen LogP contribution in [0.4, 0.5) is 11.4 Å². The molecule has 0 heterocycles. The summed E-state index contributed by atoms with van der Waals surface area (Å²) in [6, 6.07) is 13.2. The van der Waals surface area contributed by atoms with Crippen LogP contribution in [0.2, 0.25) is 0 Å². The standard InChI is InChI=1S/C18H19N3O5/c1-2-13-7-3-4-8-14(13)20-17(22)11-19-18(23)12-26-16-10-6-5-9-15(16)21(24)25/h3-10H,2,11-12H2,1H3,(H,19,23)(H,20,22). The van der Waals surface area contributed by atoms with Gasteiger partial charge in [-0.15, -0.1) is 0 Å². The molecule has 8 heteroatoms. The zero-order valence-electron chi connectivity index (χ0n) is 14.2. The van der Waals surface area contributed by atoms with Crippen molar-refractivity contribution in [2.45, 2.75) is 13.3 Å². The van der Waals surface area contributed by atoms with Gasteiger partial charge in [-0.25, -0.2) is 0 Å². The molecule has 0 atom stereocenters. The van der Waals surface area contributed by atoms with Gasteiger partial charge in [0.05, 0.1) is 11.5 Å². The lowest BCUT2D eigenvalue weighted by molar-refractivity contribution is -0.385. The number of nitrogens with one attached hydrogen (secondary N) is 2. The lowest BCUT2D eigenvalue weighted by atomic mass is 10.1. The van der Waals surface area contributed by atoms with Gasteiger partial charge in [0.15, 0.2) is 12.4 Å². The molecule has 0 aliphatic carbocycles. The number of nitro benzene ring substituents is 1. The molecule has 0 aliphatic heterocycles. The number of anilines is 1. The number of nitrogens with zero attached hydrogens (tertiary/aromatic N) is 1. The number of rotatable bonds is 8. The zero-order valence-corrected chi connectivity index (χ0v) is 14.2. The molecule has 2 rings (SSSR count). The van der Waals surface area contributed by atoms with Crippen molar-refractivity contribution in [2.24, 2.45) is 0 Å². The molecule has 0 saturated heterocycles. The number of amides is 2. The molecule has 0 spiro atoms. The van der Waals surface area contributed by atoms with E-state index in [1.807, 2.05) is 25.1 Å². The fourth-order valence-electron chi connectivity index (χ4n) is 2.25. The number of carbonyl (C=O) groups is 2. The van der Waals surface area contributed by atoms with Crippen molar-refractivity contribution in [3.05, 3.63) is 64.2 Å². The molecule has 0 bridgehead atoms. The van der Waals surface area contributed by atoms with Crippen molar-refractivity contribution in [1.82, 2.24) is 5.32 Å². The Hall–Kier alpha value is -3.42. The highest BCUT2D eigenvalue weighted by Gasteiger charge is 2.15. The van der Waals surface area contributed by atoms with E-state index < -0.39 is 17.4 Å². The van der Waals surface area contributed by atoms with Crippen LogP contribution in [0.15, 0.2) is 48.5 Å². The maximum Gasteiger partial charge on any atom is 0.310 e. The summed E-state index contributed by atoms with van der Waals surface area (Å²) in [6.45, 7) is 1.33. The lowest BCUT2D eigenvalue weighted by Crippen LogP contribution is -2.36. The number of benzene rings is 2. The minimum atomic E-state index is -0.591. The van der Waals surface area contributed by atoms with E-state index in [1.165, 1.54) is 18.2 Å². The van der Waals surface area contributed by atoms with Gasteiger partial charge in [-0.3, -0.25) is 19.7 Å². The highest BCUT2D eigenvalue weighted by atomic mass is 16.6. The normalized spacial score (nSPS) is 10.0. The Bertz CT molecular complexity index is 807. The molecule has 0 aliphatic rings. The minimum Gasteiger partial charge on any atom is -0.477 e. The van der Waals surface area contributed by atoms with Crippen molar-refractivity contribution < 1.29 is 19.2 Å². The lowest BCUT2D eigenvalue weighted by Gasteiger charge is -2.10. The highest BCUT2D eigenvalue weighted by molar-refractivity contribution is 5.95. The summed E-state index contributed by atoms with van der Waals surface area (Å²) < 4.78 is 5.16. The molecule has 0 aromatic heterocycles. The van der Waals surface area contributed by atoms with E-state index in [2.05, 4.69) is 10.6 Å². The van der Waals surface area contributed by atoms with E-state index in [-0.39, 0.29) is 23.9 Å². The third-order valence-corrected chi connectivity index (χ3v) is 3.54. The fraction of sp³-hybridized carbons (Fsp3) is 0.222. The smallest absolute Gasteiger partial charge is 0.310 e. The number of ether oxygens (including phenoxy) is 1. The molecule has 0 saturated carbocycles. The Kier molecular flexibility index (Phi) is 6.67. The van der Waals surface area contributed by atoms with E-state index in [0.717, 1.165) is 12.0 Å². The van der Waals surface area contributed by atoms with Gasteiger partial charge in [-0.2, -0.15) is 0 Å². The Morgan fingerprint density at radius 1 is 1.08 bits per heavy atom. The summed E-state index contributed by atoms with van der Waals surface area (Å²) >= 11 is 0. The van der Waals surface area contributed by atoms with E-state index in [4.69, 9.17) is 4.74 Å². The molecule has 0 unspecified atom stereocenters. The van der Waals surface area contributed by atoms with Crippen LogP contribution < -0.4 is 15.4 Å². The second kappa shape index (κ2) is 9.16. The number of hydrogen-bond donors (Lipinski definition) is 2. The summed E-state index contributed by atoms with van der Waals surface area (Å²) in [4.78, 5) is 34.0. The Morgan fingerprint density at radius 2 is 1.77 bits per heavy atom. The quantitative estimate of drug-likeness (QED) is 0.556. The van der Waals surface area contributed by atoms with Gasteiger partial charge < -0.3 is 15.4 Å². The fourth-order valence-corrected chi connectivity index (χ4v) is 2.25. The molecule has 2 N–H and O–H groups in total. The SMILES string of the molecule is CCc1ccccc1NC(=O)CNC(=O)COc1ccccc1[N+](=O)[O-]. The molecule has 2 amide bonds.